The zero-order valence-electron chi connectivity index (χ0n) is 15.1. The van der Waals surface area contributed by atoms with E-state index in [-0.39, 0.29) is 11.7 Å². The molecule has 1 heterocycles. The maximum atomic E-state index is 13.3. The highest BCUT2D eigenvalue weighted by Crippen LogP contribution is 2.28. The number of hydrogen-bond acceptors (Lipinski definition) is 3. The maximum Gasteiger partial charge on any atom is 0.270 e. The van der Waals surface area contributed by atoms with Crippen LogP contribution in [-0.2, 0) is 0 Å². The van der Waals surface area contributed by atoms with Crippen LogP contribution in [0, 0.1) is 5.82 Å². The standard InChI is InChI=1S/C20H20ClFN4O/c1-25(2)12-11-23-20(27)19-13-18(16-5-3-4-6-17(16)21)24-26(19)15-9-7-14(22)8-10-15/h3-10,13H,11-12H2,1-2H3,(H,23,27). The van der Waals surface area contributed by atoms with Gasteiger partial charge in [0.05, 0.1) is 16.4 Å². The van der Waals surface area contributed by atoms with Crippen LogP contribution in [0.4, 0.5) is 4.39 Å². The fraction of sp³-hybridized carbons (Fsp3) is 0.200. The maximum absolute atomic E-state index is 13.3. The first-order valence-electron chi connectivity index (χ1n) is 8.49. The van der Waals surface area contributed by atoms with Crippen LogP contribution in [0.5, 0.6) is 0 Å². The third kappa shape index (κ3) is 4.53. The summed E-state index contributed by atoms with van der Waals surface area (Å²) in [5.74, 6) is -0.610. The Morgan fingerprint density at radius 2 is 1.89 bits per heavy atom. The van der Waals surface area contributed by atoms with Crippen LogP contribution in [-0.4, -0.2) is 47.8 Å². The van der Waals surface area contributed by atoms with Gasteiger partial charge < -0.3 is 10.2 Å². The largest absolute Gasteiger partial charge is 0.349 e. The van der Waals surface area contributed by atoms with E-state index in [1.165, 1.54) is 16.8 Å². The smallest absolute Gasteiger partial charge is 0.270 e. The van der Waals surface area contributed by atoms with Gasteiger partial charge in [-0.25, -0.2) is 9.07 Å². The van der Waals surface area contributed by atoms with Gasteiger partial charge in [-0.2, -0.15) is 5.10 Å². The average Bonchev–Trinajstić information content (AvgIpc) is 3.07. The van der Waals surface area contributed by atoms with E-state index in [0.717, 1.165) is 5.56 Å². The Morgan fingerprint density at radius 3 is 2.56 bits per heavy atom. The summed E-state index contributed by atoms with van der Waals surface area (Å²) >= 11 is 6.28. The fourth-order valence-electron chi connectivity index (χ4n) is 2.61. The first-order chi connectivity index (χ1) is 13.0. The van der Waals surface area contributed by atoms with Crippen molar-refractivity contribution in [3.63, 3.8) is 0 Å². The summed E-state index contributed by atoms with van der Waals surface area (Å²) in [6.45, 7) is 1.22. The Morgan fingerprint density at radius 1 is 1.19 bits per heavy atom. The monoisotopic (exact) mass is 386 g/mol. The van der Waals surface area contributed by atoms with Gasteiger partial charge in [-0.05, 0) is 50.5 Å². The molecule has 0 radical (unpaired) electrons. The highest BCUT2D eigenvalue weighted by Gasteiger charge is 2.18. The molecule has 0 aliphatic rings. The Balaban J connectivity index is 2.00. The van der Waals surface area contributed by atoms with Gasteiger partial charge in [0.25, 0.3) is 5.91 Å². The molecule has 3 aromatic rings. The molecule has 1 amide bonds. The van der Waals surface area contributed by atoms with Crippen molar-refractivity contribution in [3.8, 4) is 16.9 Å². The van der Waals surface area contributed by atoms with Crippen LogP contribution in [0.2, 0.25) is 5.02 Å². The molecular formula is C20H20ClFN4O. The minimum atomic E-state index is -0.353. The summed E-state index contributed by atoms with van der Waals surface area (Å²) in [5, 5.41) is 7.97. The Labute approximate surface area is 162 Å². The number of nitrogens with zero attached hydrogens (tertiary/aromatic N) is 3. The van der Waals surface area contributed by atoms with Crippen molar-refractivity contribution >= 4 is 17.5 Å². The van der Waals surface area contributed by atoms with Crippen molar-refractivity contribution in [1.82, 2.24) is 20.0 Å². The number of carbonyl (C=O) groups is 1. The Hall–Kier alpha value is -2.70. The van der Waals surface area contributed by atoms with Gasteiger partial charge in [-0.15, -0.1) is 0 Å². The zero-order chi connectivity index (χ0) is 19.4. The summed E-state index contributed by atoms with van der Waals surface area (Å²) < 4.78 is 14.8. The molecule has 5 nitrogen and oxygen atoms in total. The topological polar surface area (TPSA) is 50.2 Å². The van der Waals surface area contributed by atoms with E-state index < -0.39 is 0 Å². The first kappa shape index (κ1) is 19.1. The lowest BCUT2D eigenvalue weighted by molar-refractivity contribution is 0.0943. The summed E-state index contributed by atoms with van der Waals surface area (Å²) in [6.07, 6.45) is 0. The summed E-state index contributed by atoms with van der Waals surface area (Å²) in [5.41, 5.74) is 2.24. The molecular weight excluding hydrogens is 367 g/mol. The molecule has 1 N–H and O–H groups in total. The van der Waals surface area contributed by atoms with Gasteiger partial charge in [0.15, 0.2) is 0 Å². The second-order valence-electron chi connectivity index (χ2n) is 6.34. The molecule has 0 spiro atoms. The summed E-state index contributed by atoms with van der Waals surface area (Å²) in [7, 11) is 3.87. The lowest BCUT2D eigenvalue weighted by atomic mass is 10.1. The Bertz CT molecular complexity index is 937. The van der Waals surface area contributed by atoms with Crippen LogP contribution in [0.3, 0.4) is 0 Å². The number of rotatable bonds is 6. The molecule has 0 aliphatic heterocycles. The van der Waals surface area contributed by atoms with Crippen LogP contribution in [0.1, 0.15) is 10.5 Å². The predicted molar refractivity (Wildman–Crippen MR) is 105 cm³/mol. The molecule has 7 heteroatoms. The SMILES string of the molecule is CN(C)CCNC(=O)c1cc(-c2ccccc2Cl)nn1-c1ccc(F)cc1. The van der Waals surface area contributed by atoms with Crippen LogP contribution < -0.4 is 5.32 Å². The van der Waals surface area contributed by atoms with Crippen molar-refractivity contribution in [1.29, 1.82) is 0 Å². The number of nitrogens with one attached hydrogen (secondary N) is 1. The molecule has 1 aromatic heterocycles. The summed E-state index contributed by atoms with van der Waals surface area (Å²) in [4.78, 5) is 14.7. The molecule has 140 valence electrons. The van der Waals surface area contributed by atoms with Crippen molar-refractivity contribution in [2.75, 3.05) is 27.2 Å². The number of carbonyl (C=O) groups excluding carboxylic acids is 1. The second kappa shape index (κ2) is 8.33. The van der Waals surface area contributed by atoms with Gasteiger partial charge in [0.1, 0.15) is 11.5 Å². The Kier molecular flexibility index (Phi) is 5.88. The first-order valence-corrected chi connectivity index (χ1v) is 8.87. The lowest BCUT2D eigenvalue weighted by Gasteiger charge is -2.11. The van der Waals surface area contributed by atoms with Crippen LogP contribution >= 0.6 is 11.6 Å². The fourth-order valence-corrected chi connectivity index (χ4v) is 2.84. The van der Waals surface area contributed by atoms with E-state index in [9.17, 15) is 9.18 Å². The van der Waals surface area contributed by atoms with E-state index >= 15 is 0 Å². The zero-order valence-corrected chi connectivity index (χ0v) is 15.9. The van der Waals surface area contributed by atoms with Crippen LogP contribution in [0.15, 0.2) is 54.6 Å². The van der Waals surface area contributed by atoms with Gasteiger partial charge in [-0.3, -0.25) is 4.79 Å². The van der Waals surface area contributed by atoms with Gasteiger partial charge >= 0.3 is 0 Å². The third-order valence-electron chi connectivity index (χ3n) is 4.01. The van der Waals surface area contributed by atoms with Crippen molar-refractivity contribution in [2.24, 2.45) is 0 Å². The number of likely N-dealkylation sites (N-methyl/N-ethyl adjacent to an activating group) is 1. The molecule has 0 aliphatic carbocycles. The van der Waals surface area contributed by atoms with Crippen molar-refractivity contribution < 1.29 is 9.18 Å². The number of benzene rings is 2. The molecule has 0 unspecified atom stereocenters. The van der Waals surface area contributed by atoms with E-state index in [1.807, 2.05) is 37.2 Å². The molecule has 0 atom stereocenters. The second-order valence-corrected chi connectivity index (χ2v) is 6.75. The summed E-state index contributed by atoms with van der Waals surface area (Å²) in [6, 6.07) is 14.8. The number of halogens is 2. The highest BCUT2D eigenvalue weighted by atomic mass is 35.5. The predicted octanol–water partition coefficient (Wildman–Crippen LogP) is 3.62. The van der Waals surface area contributed by atoms with E-state index in [0.29, 0.717) is 35.2 Å². The number of aromatic nitrogens is 2. The van der Waals surface area contributed by atoms with E-state index in [2.05, 4.69) is 10.4 Å². The quantitative estimate of drug-likeness (QED) is 0.704. The van der Waals surface area contributed by atoms with E-state index in [4.69, 9.17) is 11.6 Å². The van der Waals surface area contributed by atoms with Crippen molar-refractivity contribution in [3.05, 3.63) is 71.1 Å². The molecule has 0 saturated heterocycles. The molecule has 2 aromatic carbocycles. The minimum absolute atomic E-state index is 0.257. The van der Waals surface area contributed by atoms with Gasteiger partial charge in [0, 0.05) is 18.7 Å². The molecule has 27 heavy (non-hydrogen) atoms. The third-order valence-corrected chi connectivity index (χ3v) is 4.34. The average molecular weight is 387 g/mol. The molecule has 0 saturated carbocycles. The molecule has 0 fully saturated rings. The lowest BCUT2D eigenvalue weighted by Crippen LogP contribution is -2.32. The molecule has 3 rings (SSSR count). The number of amides is 1. The number of hydrogen-bond donors (Lipinski definition) is 1. The van der Waals surface area contributed by atoms with Gasteiger partial charge in [-0.1, -0.05) is 29.8 Å². The van der Waals surface area contributed by atoms with Crippen molar-refractivity contribution in [2.45, 2.75) is 0 Å². The minimum Gasteiger partial charge on any atom is -0.349 e. The van der Waals surface area contributed by atoms with E-state index in [1.54, 1.807) is 24.3 Å². The van der Waals surface area contributed by atoms with Gasteiger partial charge in [0.2, 0.25) is 0 Å². The normalized spacial score (nSPS) is 11.0. The highest BCUT2D eigenvalue weighted by molar-refractivity contribution is 6.33. The molecule has 0 bridgehead atoms. The van der Waals surface area contributed by atoms with Crippen LogP contribution in [0.25, 0.3) is 16.9 Å².